The van der Waals surface area contributed by atoms with Crippen LogP contribution in [0.2, 0.25) is 0 Å². The van der Waals surface area contributed by atoms with Gasteiger partial charge in [0.15, 0.2) is 0 Å². The number of hydrogen-bond acceptors (Lipinski definition) is 4. The predicted octanol–water partition coefficient (Wildman–Crippen LogP) is 0.503. The maximum Gasteiger partial charge on any atom is 0.222 e. The van der Waals surface area contributed by atoms with Crippen LogP contribution in [0.5, 0.6) is 0 Å². The van der Waals surface area contributed by atoms with Crippen molar-refractivity contribution in [2.24, 2.45) is 5.41 Å². The molecular weight excluding hydrogens is 184 g/mol. The molecular formula is C10H16O4. The van der Waals surface area contributed by atoms with Crippen molar-refractivity contribution < 1.29 is 19.4 Å². The van der Waals surface area contributed by atoms with E-state index in [1.54, 1.807) is 0 Å². The van der Waals surface area contributed by atoms with E-state index in [0.29, 0.717) is 13.2 Å². The number of rotatable bonds is 4. The summed E-state index contributed by atoms with van der Waals surface area (Å²) in [6.45, 7) is 6.03. The van der Waals surface area contributed by atoms with E-state index in [2.05, 4.69) is 6.58 Å². The molecule has 1 N–H and O–H groups in total. The van der Waals surface area contributed by atoms with E-state index in [4.69, 9.17) is 14.6 Å². The minimum Gasteiger partial charge on any atom is -0.396 e. The van der Waals surface area contributed by atoms with Crippen LogP contribution in [0.3, 0.4) is 0 Å². The molecule has 0 unspecified atom stereocenters. The summed E-state index contributed by atoms with van der Waals surface area (Å²) < 4.78 is 10.5. The van der Waals surface area contributed by atoms with Gasteiger partial charge in [0.05, 0.1) is 19.8 Å². The first-order valence-corrected chi connectivity index (χ1v) is 4.68. The van der Waals surface area contributed by atoms with Crippen LogP contribution in [-0.2, 0) is 14.3 Å². The van der Waals surface area contributed by atoms with E-state index in [1.807, 2.05) is 6.92 Å². The van der Waals surface area contributed by atoms with Crippen LogP contribution in [0.4, 0.5) is 0 Å². The zero-order valence-corrected chi connectivity index (χ0v) is 8.36. The van der Waals surface area contributed by atoms with Gasteiger partial charge >= 0.3 is 0 Å². The Kier molecular flexibility index (Phi) is 3.80. The van der Waals surface area contributed by atoms with Gasteiger partial charge in [-0.15, -0.1) is 0 Å². The molecule has 0 aromatic rings. The fourth-order valence-electron chi connectivity index (χ4n) is 1.26. The fraction of sp³-hybridized carbons (Fsp3) is 0.700. The van der Waals surface area contributed by atoms with E-state index in [1.165, 1.54) is 6.08 Å². The van der Waals surface area contributed by atoms with Crippen LogP contribution in [0, 0.1) is 5.41 Å². The largest absolute Gasteiger partial charge is 0.396 e. The molecule has 0 aromatic heterocycles. The summed E-state index contributed by atoms with van der Waals surface area (Å²) in [6.07, 6.45) is 1.11. The third-order valence-electron chi connectivity index (χ3n) is 2.60. The maximum atomic E-state index is 11.1. The number of ether oxygens (including phenoxy) is 2. The van der Waals surface area contributed by atoms with E-state index >= 15 is 0 Å². The summed E-state index contributed by atoms with van der Waals surface area (Å²) in [7, 11) is 0. The lowest BCUT2D eigenvalue weighted by Crippen LogP contribution is -2.46. The molecule has 0 aliphatic carbocycles. The highest BCUT2D eigenvalue weighted by Crippen LogP contribution is 2.27. The van der Waals surface area contributed by atoms with Crippen LogP contribution in [0.1, 0.15) is 13.3 Å². The molecule has 80 valence electrons. The van der Waals surface area contributed by atoms with Crippen molar-refractivity contribution in [2.45, 2.75) is 19.6 Å². The van der Waals surface area contributed by atoms with Gasteiger partial charge in [-0.2, -0.15) is 0 Å². The molecule has 1 aliphatic rings. The van der Waals surface area contributed by atoms with E-state index in [9.17, 15) is 4.79 Å². The van der Waals surface area contributed by atoms with Crippen molar-refractivity contribution in [3.63, 3.8) is 0 Å². The second kappa shape index (κ2) is 4.68. The molecule has 4 heteroatoms. The molecule has 1 aliphatic heterocycles. The van der Waals surface area contributed by atoms with Crippen LogP contribution in [-0.4, -0.2) is 37.0 Å². The van der Waals surface area contributed by atoms with Gasteiger partial charge in [0.1, 0.15) is 0 Å². The van der Waals surface area contributed by atoms with Crippen molar-refractivity contribution >= 4 is 5.78 Å². The van der Waals surface area contributed by atoms with Crippen LogP contribution >= 0.6 is 0 Å². The third kappa shape index (κ3) is 2.20. The van der Waals surface area contributed by atoms with Crippen molar-refractivity contribution in [3.8, 4) is 0 Å². The Morgan fingerprint density at radius 3 is 2.57 bits per heavy atom. The molecule has 1 saturated heterocycles. The zero-order chi connectivity index (χ0) is 10.6. The van der Waals surface area contributed by atoms with E-state index in [-0.39, 0.29) is 17.8 Å². The van der Waals surface area contributed by atoms with Crippen molar-refractivity contribution in [1.82, 2.24) is 0 Å². The zero-order valence-electron chi connectivity index (χ0n) is 8.36. The number of ketones is 1. The molecule has 4 nitrogen and oxygen atoms in total. The SMILES string of the molecule is C=CC(=O)C1OCC(CC)(CO)CO1. The molecule has 0 bridgehead atoms. The van der Waals surface area contributed by atoms with Gasteiger partial charge in [0.25, 0.3) is 0 Å². The lowest BCUT2D eigenvalue weighted by atomic mass is 9.87. The number of carbonyl (C=O) groups excluding carboxylic acids is 1. The molecule has 1 heterocycles. The second-order valence-corrected chi connectivity index (χ2v) is 3.57. The predicted molar refractivity (Wildman–Crippen MR) is 50.7 cm³/mol. The molecule has 0 amide bonds. The average Bonchev–Trinajstić information content (AvgIpc) is 2.28. The van der Waals surface area contributed by atoms with Crippen LogP contribution in [0.25, 0.3) is 0 Å². The normalized spacial score (nSPS) is 32.6. The molecule has 0 spiro atoms. The van der Waals surface area contributed by atoms with Gasteiger partial charge in [-0.05, 0) is 12.5 Å². The summed E-state index contributed by atoms with van der Waals surface area (Å²) in [6, 6.07) is 0. The highest BCUT2D eigenvalue weighted by atomic mass is 16.7. The Balaban J connectivity index is 2.52. The summed E-state index contributed by atoms with van der Waals surface area (Å²) in [4.78, 5) is 11.1. The first-order valence-electron chi connectivity index (χ1n) is 4.68. The van der Waals surface area contributed by atoms with Gasteiger partial charge in [-0.1, -0.05) is 13.5 Å². The van der Waals surface area contributed by atoms with E-state index in [0.717, 1.165) is 6.42 Å². The Bertz CT molecular complexity index is 210. The first kappa shape index (κ1) is 11.4. The number of carbonyl (C=O) groups is 1. The van der Waals surface area contributed by atoms with Gasteiger partial charge in [0.2, 0.25) is 12.1 Å². The minimum absolute atomic E-state index is 0.0124. The topological polar surface area (TPSA) is 55.8 Å². The standard InChI is InChI=1S/C10H16O4/c1-3-8(12)9-13-6-10(4-2,5-11)7-14-9/h3,9,11H,1,4-7H2,2H3. The summed E-state index contributed by atoms with van der Waals surface area (Å²) in [5.41, 5.74) is -0.349. The molecule has 0 aromatic carbocycles. The summed E-state index contributed by atoms with van der Waals surface area (Å²) >= 11 is 0. The number of aliphatic hydroxyl groups is 1. The number of hydrogen-bond donors (Lipinski definition) is 1. The highest BCUT2D eigenvalue weighted by Gasteiger charge is 2.36. The smallest absolute Gasteiger partial charge is 0.222 e. The first-order chi connectivity index (χ1) is 6.67. The quantitative estimate of drug-likeness (QED) is 0.671. The Morgan fingerprint density at radius 2 is 2.21 bits per heavy atom. The van der Waals surface area contributed by atoms with Gasteiger partial charge < -0.3 is 14.6 Å². The lowest BCUT2D eigenvalue weighted by Gasteiger charge is -2.37. The van der Waals surface area contributed by atoms with Crippen LogP contribution < -0.4 is 0 Å². The molecule has 1 fully saturated rings. The fourth-order valence-corrected chi connectivity index (χ4v) is 1.26. The monoisotopic (exact) mass is 200 g/mol. The van der Waals surface area contributed by atoms with Gasteiger partial charge in [0, 0.05) is 5.41 Å². The van der Waals surface area contributed by atoms with Crippen molar-refractivity contribution in [3.05, 3.63) is 12.7 Å². The van der Waals surface area contributed by atoms with E-state index < -0.39 is 6.29 Å². The summed E-state index contributed by atoms with van der Waals surface area (Å²) in [5.74, 6) is -0.271. The van der Waals surface area contributed by atoms with Crippen molar-refractivity contribution in [1.29, 1.82) is 0 Å². The Hall–Kier alpha value is -0.710. The van der Waals surface area contributed by atoms with Crippen molar-refractivity contribution in [2.75, 3.05) is 19.8 Å². The van der Waals surface area contributed by atoms with Gasteiger partial charge in [-0.25, -0.2) is 0 Å². The second-order valence-electron chi connectivity index (χ2n) is 3.57. The average molecular weight is 200 g/mol. The Morgan fingerprint density at radius 1 is 1.64 bits per heavy atom. The highest BCUT2D eigenvalue weighted by molar-refractivity contribution is 5.92. The lowest BCUT2D eigenvalue weighted by molar-refractivity contribution is -0.228. The minimum atomic E-state index is -0.835. The molecule has 1 rings (SSSR count). The number of aliphatic hydroxyl groups excluding tert-OH is 1. The Labute approximate surface area is 83.5 Å². The summed E-state index contributed by atoms with van der Waals surface area (Å²) in [5, 5.41) is 9.16. The van der Waals surface area contributed by atoms with Crippen LogP contribution in [0.15, 0.2) is 12.7 Å². The molecule has 14 heavy (non-hydrogen) atoms. The maximum absolute atomic E-state index is 11.1. The third-order valence-corrected chi connectivity index (χ3v) is 2.60. The molecule has 0 radical (unpaired) electrons. The molecule has 0 atom stereocenters. The van der Waals surface area contributed by atoms with Gasteiger partial charge in [-0.3, -0.25) is 4.79 Å². The molecule has 0 saturated carbocycles.